The van der Waals surface area contributed by atoms with Crippen molar-refractivity contribution in [3.8, 4) is 28.0 Å². The van der Waals surface area contributed by atoms with Gasteiger partial charge < -0.3 is 5.11 Å². The summed E-state index contributed by atoms with van der Waals surface area (Å²) in [5, 5.41) is 11.0. The number of rotatable bonds is 5. The van der Waals surface area contributed by atoms with E-state index >= 15 is 0 Å². The smallest absolute Gasteiger partial charge is 0.261 e. The summed E-state index contributed by atoms with van der Waals surface area (Å²) in [5.41, 5.74) is 4.06. The molecule has 0 fully saturated rings. The van der Waals surface area contributed by atoms with E-state index in [2.05, 4.69) is 4.72 Å². The Labute approximate surface area is 176 Å². The van der Waals surface area contributed by atoms with E-state index in [0.717, 1.165) is 16.7 Å². The molecule has 2 N–H and O–H groups in total. The number of phenolic OH excluding ortho intramolecular Hbond substituents is 1. The molecule has 0 unspecified atom stereocenters. The molecule has 0 amide bonds. The largest absolute Gasteiger partial charge is 0.507 e. The van der Waals surface area contributed by atoms with Crippen LogP contribution in [0, 0.1) is 6.92 Å². The number of sulfonamides is 1. The second-order valence-corrected chi connectivity index (χ2v) is 8.75. The molecule has 5 heteroatoms. The first-order valence-corrected chi connectivity index (χ1v) is 11.0. The van der Waals surface area contributed by atoms with Gasteiger partial charge in [0.2, 0.25) is 0 Å². The van der Waals surface area contributed by atoms with Crippen molar-refractivity contribution >= 4 is 15.7 Å². The fourth-order valence-electron chi connectivity index (χ4n) is 3.30. The normalized spacial score (nSPS) is 11.2. The maximum atomic E-state index is 12.9. The highest BCUT2D eigenvalue weighted by atomic mass is 32.2. The zero-order chi connectivity index (χ0) is 21.1. The zero-order valence-corrected chi connectivity index (χ0v) is 17.2. The minimum absolute atomic E-state index is 0.102. The van der Waals surface area contributed by atoms with Crippen molar-refractivity contribution in [2.24, 2.45) is 0 Å². The van der Waals surface area contributed by atoms with Crippen LogP contribution in [0.2, 0.25) is 0 Å². The number of aryl methyl sites for hydroxylation is 1. The van der Waals surface area contributed by atoms with Gasteiger partial charge in [0.1, 0.15) is 5.75 Å². The molecule has 4 rings (SSSR count). The number of anilines is 1. The molecule has 0 aliphatic heterocycles. The first kappa shape index (κ1) is 19.7. The van der Waals surface area contributed by atoms with Crippen LogP contribution in [0.1, 0.15) is 5.56 Å². The number of aromatic hydroxyl groups is 1. The standard InChI is InChI=1S/C25H21NO3S/c1-18-12-14-22(15-13-18)30(28,29)26-21-16-23(19-8-4-2-5-9-19)25(27)24(17-21)20-10-6-3-7-11-20/h2-17,26-27H,1H3. The van der Waals surface area contributed by atoms with Gasteiger partial charge in [0.15, 0.2) is 0 Å². The van der Waals surface area contributed by atoms with Crippen molar-refractivity contribution in [3.05, 3.63) is 103 Å². The van der Waals surface area contributed by atoms with Gasteiger partial charge in [-0.25, -0.2) is 8.42 Å². The topological polar surface area (TPSA) is 66.4 Å². The fraction of sp³-hybridized carbons (Fsp3) is 0.0400. The van der Waals surface area contributed by atoms with E-state index in [1.165, 1.54) is 0 Å². The van der Waals surface area contributed by atoms with Crippen molar-refractivity contribution in [2.45, 2.75) is 11.8 Å². The van der Waals surface area contributed by atoms with Crippen LogP contribution in [0.15, 0.2) is 102 Å². The molecule has 0 aliphatic carbocycles. The molecule has 0 bridgehead atoms. The molecule has 150 valence electrons. The van der Waals surface area contributed by atoms with Gasteiger partial charge in [0.05, 0.1) is 10.6 Å². The third-order valence-electron chi connectivity index (χ3n) is 4.86. The van der Waals surface area contributed by atoms with E-state index in [0.29, 0.717) is 16.8 Å². The predicted octanol–water partition coefficient (Wildman–Crippen LogP) is 5.84. The van der Waals surface area contributed by atoms with Crippen molar-refractivity contribution < 1.29 is 13.5 Å². The van der Waals surface area contributed by atoms with Gasteiger partial charge in [-0.15, -0.1) is 0 Å². The molecular formula is C25H21NO3S. The predicted molar refractivity (Wildman–Crippen MR) is 121 cm³/mol. The molecule has 0 heterocycles. The van der Waals surface area contributed by atoms with E-state index in [1.807, 2.05) is 67.6 Å². The van der Waals surface area contributed by atoms with E-state index < -0.39 is 10.0 Å². The molecule has 4 nitrogen and oxygen atoms in total. The number of nitrogens with one attached hydrogen (secondary N) is 1. The van der Waals surface area contributed by atoms with E-state index in [-0.39, 0.29) is 10.6 Å². The Morgan fingerprint density at radius 3 is 1.63 bits per heavy atom. The molecule has 4 aromatic carbocycles. The van der Waals surface area contributed by atoms with Crippen LogP contribution >= 0.6 is 0 Å². The van der Waals surface area contributed by atoms with Crippen LogP contribution in [0.3, 0.4) is 0 Å². The second kappa shape index (κ2) is 8.05. The molecule has 4 aromatic rings. The Morgan fingerprint density at radius 2 is 1.17 bits per heavy atom. The summed E-state index contributed by atoms with van der Waals surface area (Å²) in [6.07, 6.45) is 0. The van der Waals surface area contributed by atoms with Crippen molar-refractivity contribution in [3.63, 3.8) is 0 Å². The lowest BCUT2D eigenvalue weighted by Gasteiger charge is -2.15. The third-order valence-corrected chi connectivity index (χ3v) is 6.26. The van der Waals surface area contributed by atoms with Gasteiger partial charge in [-0.1, -0.05) is 78.4 Å². The van der Waals surface area contributed by atoms with Crippen LogP contribution in [-0.4, -0.2) is 13.5 Å². The SMILES string of the molecule is Cc1ccc(S(=O)(=O)Nc2cc(-c3ccccc3)c(O)c(-c3ccccc3)c2)cc1. The number of hydrogen-bond donors (Lipinski definition) is 2. The molecule has 0 radical (unpaired) electrons. The van der Waals surface area contributed by atoms with Gasteiger partial charge >= 0.3 is 0 Å². The second-order valence-electron chi connectivity index (χ2n) is 7.07. The van der Waals surface area contributed by atoms with Crippen LogP contribution in [-0.2, 0) is 10.0 Å². The summed E-state index contributed by atoms with van der Waals surface area (Å²) >= 11 is 0. The van der Waals surface area contributed by atoms with E-state index in [4.69, 9.17) is 0 Å². The van der Waals surface area contributed by atoms with Crippen LogP contribution < -0.4 is 4.72 Å². The Morgan fingerprint density at radius 1 is 0.700 bits per heavy atom. The molecular weight excluding hydrogens is 394 g/mol. The number of phenols is 1. The Bertz CT molecular complexity index is 1210. The van der Waals surface area contributed by atoms with Gasteiger partial charge in [0, 0.05) is 11.1 Å². The van der Waals surface area contributed by atoms with Crippen LogP contribution in [0.25, 0.3) is 22.3 Å². The average Bonchev–Trinajstić information content (AvgIpc) is 2.76. The summed E-state index contributed by atoms with van der Waals surface area (Å²) in [7, 11) is -3.77. The average molecular weight is 416 g/mol. The maximum Gasteiger partial charge on any atom is 0.261 e. The van der Waals surface area contributed by atoms with Gasteiger partial charge in [-0.05, 0) is 42.3 Å². The summed E-state index contributed by atoms with van der Waals surface area (Å²) in [5.74, 6) is 0.102. The molecule has 0 aliphatic rings. The minimum Gasteiger partial charge on any atom is -0.507 e. The van der Waals surface area contributed by atoms with E-state index in [1.54, 1.807) is 36.4 Å². The van der Waals surface area contributed by atoms with Crippen molar-refractivity contribution in [1.29, 1.82) is 0 Å². The van der Waals surface area contributed by atoms with Gasteiger partial charge in [-0.2, -0.15) is 0 Å². The zero-order valence-electron chi connectivity index (χ0n) is 16.4. The highest BCUT2D eigenvalue weighted by Gasteiger charge is 2.18. The van der Waals surface area contributed by atoms with Gasteiger partial charge in [0.25, 0.3) is 10.0 Å². The quantitative estimate of drug-likeness (QED) is 0.403. The van der Waals surface area contributed by atoms with Crippen molar-refractivity contribution in [2.75, 3.05) is 4.72 Å². The summed E-state index contributed by atoms with van der Waals surface area (Å²) in [6, 6.07) is 28.8. The van der Waals surface area contributed by atoms with E-state index in [9.17, 15) is 13.5 Å². The maximum absolute atomic E-state index is 12.9. The Hall–Kier alpha value is -3.57. The Kier molecular flexibility index (Phi) is 5.29. The molecule has 30 heavy (non-hydrogen) atoms. The molecule has 0 saturated heterocycles. The summed E-state index contributed by atoms with van der Waals surface area (Å²) in [6.45, 7) is 1.90. The number of hydrogen-bond acceptors (Lipinski definition) is 3. The van der Waals surface area contributed by atoms with Crippen molar-refractivity contribution in [1.82, 2.24) is 0 Å². The molecule has 0 atom stereocenters. The summed E-state index contributed by atoms with van der Waals surface area (Å²) < 4.78 is 28.5. The van der Waals surface area contributed by atoms with Crippen LogP contribution in [0.4, 0.5) is 5.69 Å². The third kappa shape index (κ3) is 4.07. The highest BCUT2D eigenvalue weighted by molar-refractivity contribution is 7.92. The molecule has 0 saturated carbocycles. The monoisotopic (exact) mass is 415 g/mol. The lowest BCUT2D eigenvalue weighted by atomic mass is 9.96. The fourth-order valence-corrected chi connectivity index (χ4v) is 4.34. The molecule has 0 aromatic heterocycles. The Balaban J connectivity index is 1.84. The first-order valence-electron chi connectivity index (χ1n) is 9.51. The number of benzene rings is 4. The van der Waals surface area contributed by atoms with Crippen LogP contribution in [0.5, 0.6) is 5.75 Å². The summed E-state index contributed by atoms with van der Waals surface area (Å²) in [4.78, 5) is 0.184. The highest BCUT2D eigenvalue weighted by Crippen LogP contribution is 2.41. The van der Waals surface area contributed by atoms with Gasteiger partial charge in [-0.3, -0.25) is 4.72 Å². The molecule has 0 spiro atoms. The minimum atomic E-state index is -3.77. The first-order chi connectivity index (χ1) is 14.4. The lowest BCUT2D eigenvalue weighted by Crippen LogP contribution is -2.13. The lowest BCUT2D eigenvalue weighted by molar-refractivity contribution is 0.479.